The minimum absolute atomic E-state index is 0.230. The summed E-state index contributed by atoms with van der Waals surface area (Å²) in [6, 6.07) is 7.37. The molecule has 0 amide bonds. The molecule has 1 aromatic heterocycles. The Morgan fingerprint density at radius 1 is 1.35 bits per heavy atom. The highest BCUT2D eigenvalue weighted by Gasteiger charge is 2.18. The summed E-state index contributed by atoms with van der Waals surface area (Å²) < 4.78 is 2.88. The van der Waals surface area contributed by atoms with Crippen molar-refractivity contribution in [2.45, 2.75) is 12.6 Å². The van der Waals surface area contributed by atoms with Gasteiger partial charge < -0.3 is 10.6 Å². The van der Waals surface area contributed by atoms with Crippen molar-refractivity contribution in [2.75, 3.05) is 20.6 Å². The third kappa shape index (κ3) is 3.61. The van der Waals surface area contributed by atoms with Crippen molar-refractivity contribution >= 4 is 27.5 Å². The van der Waals surface area contributed by atoms with Gasteiger partial charge in [0.25, 0.3) is 0 Å². The van der Waals surface area contributed by atoms with Crippen LogP contribution in [0.25, 0.3) is 0 Å². The SMILES string of the molecule is CN(C)CCn1ncc(Br)c1C(N)c1ccc(Cl)cc1. The predicted molar refractivity (Wildman–Crippen MR) is 86.0 cm³/mol. The molecule has 2 aromatic rings. The second-order valence-corrected chi connectivity index (χ2v) is 6.22. The Kier molecular flexibility index (Phi) is 5.21. The number of likely N-dealkylation sites (N-methyl/N-ethyl adjacent to an activating group) is 1. The summed E-state index contributed by atoms with van der Waals surface area (Å²) in [5.74, 6) is 0. The fourth-order valence-corrected chi connectivity index (χ4v) is 2.65. The molecule has 1 heterocycles. The van der Waals surface area contributed by atoms with E-state index in [1.165, 1.54) is 0 Å². The van der Waals surface area contributed by atoms with E-state index < -0.39 is 0 Å². The maximum Gasteiger partial charge on any atom is 0.0739 e. The molecule has 0 aliphatic heterocycles. The molecule has 108 valence electrons. The number of aromatic nitrogens is 2. The molecule has 0 aliphatic rings. The van der Waals surface area contributed by atoms with Crippen LogP contribution < -0.4 is 5.73 Å². The van der Waals surface area contributed by atoms with E-state index in [4.69, 9.17) is 17.3 Å². The quantitative estimate of drug-likeness (QED) is 0.895. The van der Waals surface area contributed by atoms with Crippen LogP contribution in [0.5, 0.6) is 0 Å². The number of nitrogens with zero attached hydrogens (tertiary/aromatic N) is 3. The number of hydrogen-bond donors (Lipinski definition) is 1. The van der Waals surface area contributed by atoms with Crippen LogP contribution in [-0.4, -0.2) is 35.3 Å². The zero-order valence-corrected chi connectivity index (χ0v) is 13.9. The average molecular weight is 358 g/mol. The first-order valence-electron chi connectivity index (χ1n) is 6.36. The van der Waals surface area contributed by atoms with Gasteiger partial charge in [-0.1, -0.05) is 23.7 Å². The lowest BCUT2D eigenvalue weighted by Gasteiger charge is -2.17. The van der Waals surface area contributed by atoms with Gasteiger partial charge in [0.1, 0.15) is 0 Å². The molecule has 1 aromatic carbocycles. The Hall–Kier alpha value is -0.880. The van der Waals surface area contributed by atoms with Gasteiger partial charge in [-0.15, -0.1) is 0 Å². The van der Waals surface area contributed by atoms with Crippen LogP contribution in [0.3, 0.4) is 0 Å². The first-order chi connectivity index (χ1) is 9.49. The first kappa shape index (κ1) is 15.5. The molecule has 0 bridgehead atoms. The molecule has 2 rings (SSSR count). The van der Waals surface area contributed by atoms with Crippen molar-refractivity contribution in [3.05, 3.63) is 51.2 Å². The van der Waals surface area contributed by atoms with Crippen molar-refractivity contribution in [1.82, 2.24) is 14.7 Å². The van der Waals surface area contributed by atoms with Crippen molar-refractivity contribution in [1.29, 1.82) is 0 Å². The lowest BCUT2D eigenvalue weighted by atomic mass is 10.0. The molecule has 0 radical (unpaired) electrons. The van der Waals surface area contributed by atoms with Gasteiger partial charge in [0.2, 0.25) is 0 Å². The second-order valence-electron chi connectivity index (χ2n) is 4.93. The summed E-state index contributed by atoms with van der Waals surface area (Å²) in [6.07, 6.45) is 1.79. The van der Waals surface area contributed by atoms with Gasteiger partial charge in [-0.3, -0.25) is 4.68 Å². The summed E-state index contributed by atoms with van der Waals surface area (Å²) in [6.45, 7) is 1.71. The molecule has 0 saturated carbocycles. The number of benzene rings is 1. The lowest BCUT2D eigenvalue weighted by Crippen LogP contribution is -2.23. The Morgan fingerprint density at radius 2 is 2.00 bits per heavy atom. The largest absolute Gasteiger partial charge is 0.319 e. The normalized spacial score (nSPS) is 12.9. The van der Waals surface area contributed by atoms with E-state index in [1.807, 2.05) is 43.0 Å². The minimum atomic E-state index is -0.230. The van der Waals surface area contributed by atoms with Crippen molar-refractivity contribution in [3.8, 4) is 0 Å². The number of nitrogens with two attached hydrogens (primary N) is 1. The molecule has 0 spiro atoms. The molecule has 20 heavy (non-hydrogen) atoms. The van der Waals surface area contributed by atoms with Gasteiger partial charge in [-0.05, 0) is 47.7 Å². The van der Waals surface area contributed by atoms with Crippen molar-refractivity contribution in [3.63, 3.8) is 0 Å². The third-order valence-electron chi connectivity index (χ3n) is 3.12. The second kappa shape index (κ2) is 6.72. The fourth-order valence-electron chi connectivity index (χ4n) is 1.98. The molecule has 0 saturated heterocycles. The predicted octanol–water partition coefficient (Wildman–Crippen LogP) is 2.91. The number of rotatable bonds is 5. The van der Waals surface area contributed by atoms with E-state index in [-0.39, 0.29) is 6.04 Å². The molecule has 1 unspecified atom stereocenters. The molecular formula is C14H18BrClN4. The monoisotopic (exact) mass is 356 g/mol. The smallest absolute Gasteiger partial charge is 0.0739 e. The van der Waals surface area contributed by atoms with Crippen LogP contribution in [0.1, 0.15) is 17.3 Å². The Morgan fingerprint density at radius 3 is 2.60 bits per heavy atom. The lowest BCUT2D eigenvalue weighted by molar-refractivity contribution is 0.368. The summed E-state index contributed by atoms with van der Waals surface area (Å²) in [5, 5.41) is 5.10. The third-order valence-corrected chi connectivity index (χ3v) is 3.98. The molecule has 2 N–H and O–H groups in total. The molecule has 4 nitrogen and oxygen atoms in total. The Bertz CT molecular complexity index is 565. The maximum atomic E-state index is 6.37. The first-order valence-corrected chi connectivity index (χ1v) is 7.53. The standard InChI is InChI=1S/C14H18BrClN4/c1-19(2)7-8-20-14(12(15)9-18-20)13(17)10-3-5-11(16)6-4-10/h3-6,9,13H,7-8,17H2,1-2H3. The molecule has 1 atom stereocenters. The van der Waals surface area contributed by atoms with Gasteiger partial charge >= 0.3 is 0 Å². The number of hydrogen-bond acceptors (Lipinski definition) is 3. The van der Waals surface area contributed by atoms with E-state index >= 15 is 0 Å². The van der Waals surface area contributed by atoms with Crippen LogP contribution in [0.4, 0.5) is 0 Å². The van der Waals surface area contributed by atoms with Crippen LogP contribution in [0.2, 0.25) is 5.02 Å². The topological polar surface area (TPSA) is 47.1 Å². The summed E-state index contributed by atoms with van der Waals surface area (Å²) in [4.78, 5) is 2.12. The highest BCUT2D eigenvalue weighted by Crippen LogP contribution is 2.27. The van der Waals surface area contributed by atoms with Crippen LogP contribution in [0, 0.1) is 0 Å². The Balaban J connectivity index is 2.26. The molecule has 0 aliphatic carbocycles. The van der Waals surface area contributed by atoms with E-state index in [2.05, 4.69) is 25.9 Å². The zero-order valence-electron chi connectivity index (χ0n) is 11.6. The highest BCUT2D eigenvalue weighted by molar-refractivity contribution is 9.10. The Labute approximate surface area is 132 Å². The van der Waals surface area contributed by atoms with Crippen LogP contribution >= 0.6 is 27.5 Å². The van der Waals surface area contributed by atoms with Gasteiger partial charge in [-0.2, -0.15) is 5.10 Å². The summed E-state index contributed by atoms with van der Waals surface area (Å²) >= 11 is 9.45. The highest BCUT2D eigenvalue weighted by atomic mass is 79.9. The van der Waals surface area contributed by atoms with Crippen molar-refractivity contribution < 1.29 is 0 Å². The van der Waals surface area contributed by atoms with E-state index in [0.29, 0.717) is 5.02 Å². The van der Waals surface area contributed by atoms with E-state index in [0.717, 1.165) is 28.8 Å². The van der Waals surface area contributed by atoms with Gasteiger partial charge in [0, 0.05) is 11.6 Å². The summed E-state index contributed by atoms with van der Waals surface area (Å²) in [5.41, 5.74) is 8.37. The molecular weight excluding hydrogens is 340 g/mol. The van der Waals surface area contributed by atoms with Crippen LogP contribution in [-0.2, 0) is 6.54 Å². The maximum absolute atomic E-state index is 6.37. The number of halogens is 2. The van der Waals surface area contributed by atoms with E-state index in [1.54, 1.807) is 6.20 Å². The van der Waals surface area contributed by atoms with Gasteiger partial charge in [0.05, 0.1) is 29.0 Å². The fraction of sp³-hybridized carbons (Fsp3) is 0.357. The van der Waals surface area contributed by atoms with E-state index in [9.17, 15) is 0 Å². The van der Waals surface area contributed by atoms with Crippen molar-refractivity contribution in [2.24, 2.45) is 5.73 Å². The summed E-state index contributed by atoms with van der Waals surface area (Å²) in [7, 11) is 4.08. The molecule has 6 heteroatoms. The average Bonchev–Trinajstić information content (AvgIpc) is 2.77. The van der Waals surface area contributed by atoms with Gasteiger partial charge in [0.15, 0.2) is 0 Å². The minimum Gasteiger partial charge on any atom is -0.319 e. The molecule has 0 fully saturated rings. The van der Waals surface area contributed by atoms with Gasteiger partial charge in [-0.25, -0.2) is 0 Å². The van der Waals surface area contributed by atoms with Crippen LogP contribution in [0.15, 0.2) is 34.9 Å². The zero-order chi connectivity index (χ0) is 14.7.